The summed E-state index contributed by atoms with van der Waals surface area (Å²) in [4.78, 5) is 25.0. The van der Waals surface area contributed by atoms with Crippen LogP contribution >= 0.6 is 11.6 Å². The van der Waals surface area contributed by atoms with Gasteiger partial charge in [-0.25, -0.2) is 0 Å². The van der Waals surface area contributed by atoms with Gasteiger partial charge in [0.2, 0.25) is 0 Å². The molecule has 0 bridgehead atoms. The van der Waals surface area contributed by atoms with Gasteiger partial charge in [-0.3, -0.25) is 19.0 Å². The minimum absolute atomic E-state index is 0.175. The number of rotatable bonds is 7. The lowest BCUT2D eigenvalue weighted by Crippen LogP contribution is -2.29. The molecule has 0 saturated carbocycles. The van der Waals surface area contributed by atoms with Crippen molar-refractivity contribution in [3.63, 3.8) is 0 Å². The molecule has 2 rings (SSSR count). The SMILES string of the molecule is CCn1cc(NC(=O)c2c(Cl)cnn2CC)c(C(=O)NCC(C)C)n1. The van der Waals surface area contributed by atoms with E-state index in [9.17, 15) is 9.59 Å². The lowest BCUT2D eigenvalue weighted by Gasteiger charge is -2.09. The van der Waals surface area contributed by atoms with E-state index in [0.717, 1.165) is 0 Å². The lowest BCUT2D eigenvalue weighted by molar-refractivity contribution is 0.0944. The van der Waals surface area contributed by atoms with Crippen LogP contribution in [0, 0.1) is 5.92 Å². The van der Waals surface area contributed by atoms with Gasteiger partial charge in [0, 0.05) is 25.8 Å². The number of carbonyl (C=O) groups is 2. The van der Waals surface area contributed by atoms with Crippen molar-refractivity contribution in [3.05, 3.63) is 28.8 Å². The first-order valence-electron chi connectivity index (χ1n) is 8.25. The topological polar surface area (TPSA) is 93.8 Å². The zero-order chi connectivity index (χ0) is 18.6. The Hall–Kier alpha value is -2.35. The molecule has 0 fully saturated rings. The minimum atomic E-state index is -0.432. The molecule has 9 heteroatoms. The van der Waals surface area contributed by atoms with Crippen molar-refractivity contribution in [2.24, 2.45) is 5.92 Å². The summed E-state index contributed by atoms with van der Waals surface area (Å²) < 4.78 is 3.10. The minimum Gasteiger partial charge on any atom is -0.350 e. The van der Waals surface area contributed by atoms with Gasteiger partial charge in [-0.05, 0) is 19.8 Å². The highest BCUT2D eigenvalue weighted by molar-refractivity contribution is 6.34. The van der Waals surface area contributed by atoms with Crippen molar-refractivity contribution in [2.45, 2.75) is 40.8 Å². The molecular formula is C16H23ClN6O2. The molecule has 0 radical (unpaired) electrons. The van der Waals surface area contributed by atoms with E-state index in [1.165, 1.54) is 10.9 Å². The lowest BCUT2D eigenvalue weighted by atomic mass is 10.2. The van der Waals surface area contributed by atoms with Gasteiger partial charge in [0.1, 0.15) is 5.69 Å². The summed E-state index contributed by atoms with van der Waals surface area (Å²) in [5.41, 5.74) is 0.768. The maximum absolute atomic E-state index is 12.6. The van der Waals surface area contributed by atoms with Crippen LogP contribution in [0.3, 0.4) is 0 Å². The first kappa shape index (κ1) is 19.0. The Morgan fingerprint density at radius 1 is 1.24 bits per heavy atom. The Morgan fingerprint density at radius 2 is 1.96 bits per heavy atom. The summed E-state index contributed by atoms with van der Waals surface area (Å²) in [7, 11) is 0. The molecule has 8 nitrogen and oxygen atoms in total. The molecule has 2 N–H and O–H groups in total. The number of halogens is 1. The maximum Gasteiger partial charge on any atom is 0.275 e. The summed E-state index contributed by atoms with van der Waals surface area (Å²) in [6, 6.07) is 0. The Bertz CT molecular complexity index is 765. The number of nitrogens with one attached hydrogen (secondary N) is 2. The molecule has 0 atom stereocenters. The molecular weight excluding hydrogens is 344 g/mol. The fraction of sp³-hybridized carbons (Fsp3) is 0.500. The summed E-state index contributed by atoms with van der Waals surface area (Å²) in [6.45, 7) is 9.37. The number of aryl methyl sites for hydroxylation is 2. The van der Waals surface area contributed by atoms with E-state index in [1.807, 2.05) is 27.7 Å². The molecule has 0 aromatic carbocycles. The normalized spacial score (nSPS) is 11.0. The number of amides is 2. The van der Waals surface area contributed by atoms with E-state index in [-0.39, 0.29) is 22.3 Å². The predicted molar refractivity (Wildman–Crippen MR) is 95.9 cm³/mol. The summed E-state index contributed by atoms with van der Waals surface area (Å²) >= 11 is 6.06. The molecule has 2 aromatic heterocycles. The Kier molecular flexibility index (Phi) is 6.19. The van der Waals surface area contributed by atoms with E-state index in [4.69, 9.17) is 11.6 Å². The van der Waals surface area contributed by atoms with Crippen LogP contribution in [0.2, 0.25) is 5.02 Å². The second-order valence-electron chi connectivity index (χ2n) is 5.96. The van der Waals surface area contributed by atoms with Crippen LogP contribution in [0.5, 0.6) is 0 Å². The number of aromatic nitrogens is 4. The van der Waals surface area contributed by atoms with Gasteiger partial charge in [0.25, 0.3) is 11.8 Å². The maximum atomic E-state index is 12.6. The van der Waals surface area contributed by atoms with Crippen molar-refractivity contribution >= 4 is 29.1 Å². The molecule has 0 aliphatic carbocycles. The van der Waals surface area contributed by atoms with Gasteiger partial charge >= 0.3 is 0 Å². The average molecular weight is 367 g/mol. The number of carbonyl (C=O) groups excluding carboxylic acids is 2. The molecule has 0 aliphatic rings. The van der Waals surface area contributed by atoms with E-state index in [2.05, 4.69) is 20.8 Å². The largest absolute Gasteiger partial charge is 0.350 e. The standard InChI is InChI=1S/C16H23ClN6O2/c1-5-22-9-12(13(21-22)15(24)18-7-10(3)4)20-16(25)14-11(17)8-19-23(14)6-2/h8-10H,5-7H2,1-4H3,(H,18,24)(H,20,25). The monoisotopic (exact) mass is 366 g/mol. The smallest absolute Gasteiger partial charge is 0.275 e. The first-order chi connectivity index (χ1) is 11.9. The molecule has 2 heterocycles. The summed E-state index contributed by atoms with van der Waals surface area (Å²) in [6.07, 6.45) is 3.05. The fourth-order valence-corrected chi connectivity index (χ4v) is 2.46. The number of hydrogen-bond donors (Lipinski definition) is 2. The van der Waals surface area contributed by atoms with Crippen LogP contribution in [-0.4, -0.2) is 37.9 Å². The van der Waals surface area contributed by atoms with Crippen LogP contribution in [0.25, 0.3) is 0 Å². The van der Waals surface area contributed by atoms with Gasteiger partial charge < -0.3 is 10.6 Å². The Labute approximate surface area is 151 Å². The van der Waals surface area contributed by atoms with Crippen LogP contribution in [-0.2, 0) is 13.1 Å². The Balaban J connectivity index is 2.26. The van der Waals surface area contributed by atoms with Crippen molar-refractivity contribution in [1.29, 1.82) is 0 Å². The second kappa shape index (κ2) is 8.15. The summed E-state index contributed by atoms with van der Waals surface area (Å²) in [5.74, 6) is -0.447. The van der Waals surface area contributed by atoms with Crippen LogP contribution in [0.1, 0.15) is 48.7 Å². The van der Waals surface area contributed by atoms with E-state index >= 15 is 0 Å². The van der Waals surface area contributed by atoms with Crippen molar-refractivity contribution < 1.29 is 9.59 Å². The van der Waals surface area contributed by atoms with Crippen LogP contribution < -0.4 is 10.6 Å². The average Bonchev–Trinajstić information content (AvgIpc) is 3.15. The van der Waals surface area contributed by atoms with Gasteiger partial charge in [0.15, 0.2) is 5.69 Å². The van der Waals surface area contributed by atoms with Crippen molar-refractivity contribution in [2.75, 3.05) is 11.9 Å². The van der Waals surface area contributed by atoms with Gasteiger partial charge in [-0.15, -0.1) is 0 Å². The molecule has 136 valence electrons. The van der Waals surface area contributed by atoms with Crippen LogP contribution in [0.4, 0.5) is 5.69 Å². The number of nitrogens with zero attached hydrogens (tertiary/aromatic N) is 4. The summed E-state index contributed by atoms with van der Waals surface area (Å²) in [5, 5.41) is 14.1. The quantitative estimate of drug-likeness (QED) is 0.786. The molecule has 0 spiro atoms. The van der Waals surface area contributed by atoms with Gasteiger partial charge in [0.05, 0.1) is 16.9 Å². The highest BCUT2D eigenvalue weighted by Gasteiger charge is 2.22. The highest BCUT2D eigenvalue weighted by Crippen LogP contribution is 2.19. The third kappa shape index (κ3) is 4.39. The van der Waals surface area contributed by atoms with E-state index in [0.29, 0.717) is 31.2 Å². The number of anilines is 1. The third-order valence-corrected chi connectivity index (χ3v) is 3.81. The molecule has 25 heavy (non-hydrogen) atoms. The second-order valence-corrected chi connectivity index (χ2v) is 6.37. The zero-order valence-corrected chi connectivity index (χ0v) is 15.6. The first-order valence-corrected chi connectivity index (χ1v) is 8.63. The van der Waals surface area contributed by atoms with Gasteiger partial charge in [-0.1, -0.05) is 25.4 Å². The molecule has 0 aliphatic heterocycles. The molecule has 0 saturated heterocycles. The third-order valence-electron chi connectivity index (χ3n) is 3.53. The molecule has 2 aromatic rings. The number of hydrogen-bond acceptors (Lipinski definition) is 4. The Morgan fingerprint density at radius 3 is 2.56 bits per heavy atom. The molecule has 0 unspecified atom stereocenters. The fourth-order valence-electron chi connectivity index (χ4n) is 2.23. The van der Waals surface area contributed by atoms with E-state index in [1.54, 1.807) is 10.9 Å². The van der Waals surface area contributed by atoms with Crippen molar-refractivity contribution in [1.82, 2.24) is 24.9 Å². The van der Waals surface area contributed by atoms with E-state index < -0.39 is 5.91 Å². The highest BCUT2D eigenvalue weighted by atomic mass is 35.5. The van der Waals surface area contributed by atoms with Gasteiger partial charge in [-0.2, -0.15) is 10.2 Å². The zero-order valence-electron chi connectivity index (χ0n) is 14.8. The molecule has 2 amide bonds. The van der Waals surface area contributed by atoms with Crippen LogP contribution in [0.15, 0.2) is 12.4 Å². The van der Waals surface area contributed by atoms with Crippen molar-refractivity contribution in [3.8, 4) is 0 Å². The predicted octanol–water partition coefficient (Wildman–Crippen LogP) is 2.41.